The Kier molecular flexibility index (Phi) is 13.3. The number of alkyl halides is 1. The Labute approximate surface area is 162 Å². The second kappa shape index (κ2) is 14.1. The van der Waals surface area contributed by atoms with Crippen molar-refractivity contribution < 1.29 is 4.79 Å². The van der Waals surface area contributed by atoms with Crippen LogP contribution in [0.1, 0.15) is 29.8 Å². The van der Waals surface area contributed by atoms with Crippen molar-refractivity contribution >= 4 is 50.5 Å². The maximum absolute atomic E-state index is 11.7. The molecular formula is C18H21BrN2OS2. The topological polar surface area (TPSA) is 56.0 Å². The van der Waals surface area contributed by atoms with E-state index >= 15 is 0 Å². The third-order valence-corrected chi connectivity index (χ3v) is 4.35. The fraction of sp³-hybridized carbons (Fsp3) is 0.278. The average molecular weight is 425 g/mol. The Hall–Kier alpha value is -1.30. The van der Waals surface area contributed by atoms with Crippen molar-refractivity contribution in [2.75, 3.05) is 0 Å². The smallest absolute Gasteiger partial charge is 0.176 e. The minimum atomic E-state index is -0.0742. The molecule has 2 aromatic rings. The summed E-state index contributed by atoms with van der Waals surface area (Å²) in [6, 6.07) is 13.2. The van der Waals surface area contributed by atoms with Crippen LogP contribution in [0.3, 0.4) is 0 Å². The van der Waals surface area contributed by atoms with E-state index in [1.807, 2.05) is 60.6 Å². The van der Waals surface area contributed by atoms with Gasteiger partial charge in [-0.05, 0) is 48.0 Å². The monoisotopic (exact) mass is 424 g/mol. The van der Waals surface area contributed by atoms with Crippen LogP contribution in [-0.4, -0.2) is 19.9 Å². The van der Waals surface area contributed by atoms with Crippen LogP contribution >= 0.6 is 40.4 Å². The van der Waals surface area contributed by atoms with Crippen LogP contribution in [0.2, 0.25) is 0 Å². The van der Waals surface area contributed by atoms with Gasteiger partial charge in [0.05, 0.1) is 4.83 Å². The minimum absolute atomic E-state index is 0.0742. The number of carbonyl (C=O) groups excluding carboxylic acids is 1. The lowest BCUT2D eigenvalue weighted by molar-refractivity contribution is 0.0978. The molecule has 1 unspecified atom stereocenters. The Morgan fingerprint density at radius 3 is 2.04 bits per heavy atom. The maximum atomic E-state index is 11.7. The Morgan fingerprint density at radius 2 is 1.67 bits per heavy atom. The summed E-state index contributed by atoms with van der Waals surface area (Å²) in [4.78, 5) is 15.5. The summed E-state index contributed by atoms with van der Waals surface area (Å²) in [6.45, 7) is 4.66. The van der Waals surface area contributed by atoms with Gasteiger partial charge in [0, 0.05) is 28.8 Å². The number of nitrogens with zero attached hydrogens (tertiary/aromatic N) is 1. The van der Waals surface area contributed by atoms with E-state index < -0.39 is 0 Å². The van der Waals surface area contributed by atoms with E-state index in [1.54, 1.807) is 12.4 Å². The SMILES string of the molecule is CC(C)C(Br)C(=O)c1ccccc1.NCc1ccncc1.S=C=S. The zero-order valence-electron chi connectivity index (χ0n) is 13.7. The molecule has 0 aliphatic rings. The number of thiocarbonyl (C=S) groups is 2. The highest BCUT2D eigenvalue weighted by Gasteiger charge is 2.19. The predicted octanol–water partition coefficient (Wildman–Crippen LogP) is 4.85. The summed E-state index contributed by atoms with van der Waals surface area (Å²) in [5.41, 5.74) is 7.22. The highest BCUT2D eigenvalue weighted by molar-refractivity contribution is 9.10. The van der Waals surface area contributed by atoms with Gasteiger partial charge in [-0.1, -0.05) is 60.1 Å². The molecule has 6 heteroatoms. The highest BCUT2D eigenvalue weighted by Crippen LogP contribution is 2.17. The lowest BCUT2D eigenvalue weighted by Crippen LogP contribution is -2.19. The molecule has 1 aromatic heterocycles. The first-order valence-electron chi connectivity index (χ1n) is 7.29. The van der Waals surface area contributed by atoms with Crippen LogP contribution in [0.15, 0.2) is 54.9 Å². The van der Waals surface area contributed by atoms with Crippen LogP contribution in [-0.2, 0) is 6.54 Å². The van der Waals surface area contributed by atoms with Gasteiger partial charge in [-0.3, -0.25) is 9.78 Å². The zero-order chi connectivity index (χ0) is 18.4. The molecule has 2 rings (SSSR count). The second-order valence-electron chi connectivity index (χ2n) is 5.02. The first kappa shape index (κ1) is 22.7. The number of halogens is 1. The molecule has 2 N–H and O–H groups in total. The molecular weight excluding hydrogens is 404 g/mol. The number of ketones is 1. The molecule has 0 fully saturated rings. The molecule has 0 radical (unpaired) electrons. The molecule has 1 atom stereocenters. The van der Waals surface area contributed by atoms with Gasteiger partial charge >= 0.3 is 0 Å². The number of hydrogen-bond acceptors (Lipinski definition) is 5. The van der Waals surface area contributed by atoms with Crippen LogP contribution in [0.25, 0.3) is 0 Å². The van der Waals surface area contributed by atoms with Gasteiger partial charge in [-0.25, -0.2) is 0 Å². The predicted molar refractivity (Wildman–Crippen MR) is 111 cm³/mol. The molecule has 24 heavy (non-hydrogen) atoms. The summed E-state index contributed by atoms with van der Waals surface area (Å²) in [7, 11) is 0. The Bertz CT molecular complexity index is 615. The third kappa shape index (κ3) is 9.75. The lowest BCUT2D eigenvalue weighted by Gasteiger charge is -2.11. The minimum Gasteiger partial charge on any atom is -0.326 e. The number of nitrogens with two attached hydrogens (primary N) is 1. The van der Waals surface area contributed by atoms with Crippen molar-refractivity contribution in [3.8, 4) is 0 Å². The van der Waals surface area contributed by atoms with Gasteiger partial charge in [-0.15, -0.1) is 0 Å². The first-order valence-corrected chi connectivity index (χ1v) is 9.02. The van der Waals surface area contributed by atoms with Crippen LogP contribution < -0.4 is 5.73 Å². The Morgan fingerprint density at radius 1 is 1.17 bits per heavy atom. The number of rotatable bonds is 4. The van der Waals surface area contributed by atoms with Crippen LogP contribution in [0.5, 0.6) is 0 Å². The van der Waals surface area contributed by atoms with E-state index in [9.17, 15) is 4.79 Å². The molecule has 0 saturated heterocycles. The summed E-state index contributed by atoms with van der Waals surface area (Å²) in [6.07, 6.45) is 3.48. The highest BCUT2D eigenvalue weighted by atomic mass is 79.9. The lowest BCUT2D eigenvalue weighted by atomic mass is 10.0. The summed E-state index contributed by atoms with van der Waals surface area (Å²) >= 11 is 11.3. The van der Waals surface area contributed by atoms with E-state index in [1.165, 1.54) is 0 Å². The standard InChI is InChI=1S/C11H13BrO.C6H8N2.CS2/c1-8(2)10(12)11(13)9-6-4-3-5-7-9;7-5-6-1-3-8-4-2-6;2-1-3/h3-8,10H,1-2H3;1-4H,5,7H2;. The van der Waals surface area contributed by atoms with Crippen molar-refractivity contribution in [2.45, 2.75) is 25.2 Å². The Balaban J connectivity index is 0.000000409. The molecule has 0 spiro atoms. The van der Waals surface area contributed by atoms with Gasteiger partial charge in [0.1, 0.15) is 0 Å². The number of pyridine rings is 1. The van der Waals surface area contributed by atoms with Crippen molar-refractivity contribution in [3.05, 3.63) is 66.0 Å². The van der Waals surface area contributed by atoms with Gasteiger partial charge in [-0.2, -0.15) is 0 Å². The summed E-state index contributed by atoms with van der Waals surface area (Å²) in [5, 5.41) is 0. The van der Waals surface area contributed by atoms with Gasteiger partial charge in [0.25, 0.3) is 0 Å². The van der Waals surface area contributed by atoms with E-state index in [-0.39, 0.29) is 10.6 Å². The second-order valence-corrected chi connectivity index (χ2v) is 6.67. The van der Waals surface area contributed by atoms with E-state index in [0.29, 0.717) is 12.5 Å². The maximum Gasteiger partial charge on any atom is 0.176 e. The van der Waals surface area contributed by atoms with Gasteiger partial charge < -0.3 is 5.73 Å². The molecule has 0 bridgehead atoms. The molecule has 0 saturated carbocycles. The first-order chi connectivity index (χ1) is 11.5. The molecule has 1 aromatic carbocycles. The summed E-state index contributed by atoms with van der Waals surface area (Å²) < 4.78 is 1.92. The fourth-order valence-corrected chi connectivity index (χ4v) is 1.85. The molecule has 0 amide bonds. The van der Waals surface area contributed by atoms with Crippen molar-refractivity contribution in [1.82, 2.24) is 4.98 Å². The van der Waals surface area contributed by atoms with Crippen molar-refractivity contribution in [3.63, 3.8) is 0 Å². The fourth-order valence-electron chi connectivity index (χ4n) is 1.58. The number of Topliss-reactive ketones (excluding diaryl/α,β-unsaturated/α-hetero) is 1. The molecule has 0 aliphatic heterocycles. The third-order valence-electron chi connectivity index (χ3n) is 2.88. The van der Waals surface area contributed by atoms with Crippen molar-refractivity contribution in [2.24, 2.45) is 11.7 Å². The van der Waals surface area contributed by atoms with Crippen LogP contribution in [0, 0.1) is 5.92 Å². The van der Waals surface area contributed by atoms with Gasteiger partial charge in [0.15, 0.2) is 5.78 Å². The van der Waals surface area contributed by atoms with Gasteiger partial charge in [0.2, 0.25) is 0 Å². The largest absolute Gasteiger partial charge is 0.326 e. The normalized spacial score (nSPS) is 10.4. The molecule has 128 valence electrons. The van der Waals surface area contributed by atoms with E-state index in [4.69, 9.17) is 5.73 Å². The quantitative estimate of drug-likeness (QED) is 0.431. The number of benzene rings is 1. The van der Waals surface area contributed by atoms with Crippen molar-refractivity contribution in [1.29, 1.82) is 0 Å². The number of carbonyl (C=O) groups is 1. The number of hydrogen-bond donors (Lipinski definition) is 1. The van der Waals surface area contributed by atoms with E-state index in [2.05, 4.69) is 45.3 Å². The zero-order valence-corrected chi connectivity index (χ0v) is 16.9. The van der Waals surface area contributed by atoms with Crippen LogP contribution in [0.4, 0.5) is 0 Å². The van der Waals surface area contributed by atoms with E-state index in [0.717, 1.165) is 11.1 Å². The molecule has 1 heterocycles. The molecule has 0 aliphatic carbocycles. The summed E-state index contributed by atoms with van der Waals surface area (Å²) in [5.74, 6) is 0.489. The number of aromatic nitrogens is 1. The average Bonchev–Trinajstić information content (AvgIpc) is 2.63. The molecule has 3 nitrogen and oxygen atoms in total.